The lowest BCUT2D eigenvalue weighted by Crippen LogP contribution is -2.50. The summed E-state index contributed by atoms with van der Waals surface area (Å²) in [7, 11) is 3.33. The van der Waals surface area contributed by atoms with Crippen LogP contribution in [0.5, 0.6) is 0 Å². The van der Waals surface area contributed by atoms with Gasteiger partial charge in [-0.15, -0.1) is 0 Å². The maximum Gasteiger partial charge on any atom is 0.336 e. The standard InChI is InChI=1S/C14H23N3O3/c1-11-8-17(10-13(20-11)14(18)19-3)6-4-5-12-7-15-16(2)9-12/h7,9,11,13H,4-6,8,10H2,1-3H3/t11-,13?/m1/s1. The van der Waals surface area contributed by atoms with Crippen LogP contribution in [-0.2, 0) is 27.7 Å². The molecule has 0 aliphatic carbocycles. The molecule has 1 unspecified atom stereocenters. The van der Waals surface area contributed by atoms with Gasteiger partial charge in [-0.05, 0) is 31.9 Å². The zero-order valence-corrected chi connectivity index (χ0v) is 12.4. The fourth-order valence-electron chi connectivity index (χ4n) is 2.59. The van der Waals surface area contributed by atoms with Gasteiger partial charge in [0.15, 0.2) is 6.10 Å². The highest BCUT2D eigenvalue weighted by molar-refractivity contribution is 5.74. The summed E-state index contributed by atoms with van der Waals surface area (Å²) in [4.78, 5) is 13.8. The highest BCUT2D eigenvalue weighted by Gasteiger charge is 2.30. The summed E-state index contributed by atoms with van der Waals surface area (Å²) in [6.45, 7) is 4.42. The summed E-state index contributed by atoms with van der Waals surface area (Å²) in [5.41, 5.74) is 1.25. The fraction of sp³-hybridized carbons (Fsp3) is 0.714. The number of methoxy groups -OCH3 is 1. The molecule has 1 fully saturated rings. The second kappa shape index (κ2) is 6.85. The number of carbonyl (C=O) groups excluding carboxylic acids is 1. The van der Waals surface area contributed by atoms with Crippen molar-refractivity contribution in [2.75, 3.05) is 26.7 Å². The summed E-state index contributed by atoms with van der Waals surface area (Å²) >= 11 is 0. The van der Waals surface area contributed by atoms with E-state index in [1.165, 1.54) is 12.7 Å². The Labute approximate surface area is 119 Å². The van der Waals surface area contributed by atoms with E-state index in [0.29, 0.717) is 6.54 Å². The maximum atomic E-state index is 11.6. The van der Waals surface area contributed by atoms with Crippen LogP contribution in [0.1, 0.15) is 18.9 Å². The first-order chi connectivity index (χ1) is 9.58. The van der Waals surface area contributed by atoms with E-state index in [4.69, 9.17) is 9.47 Å². The van der Waals surface area contributed by atoms with Crippen molar-refractivity contribution in [3.8, 4) is 0 Å². The van der Waals surface area contributed by atoms with E-state index in [-0.39, 0.29) is 12.1 Å². The molecule has 0 bridgehead atoms. The van der Waals surface area contributed by atoms with Crippen molar-refractivity contribution < 1.29 is 14.3 Å². The van der Waals surface area contributed by atoms with Crippen LogP contribution in [0.3, 0.4) is 0 Å². The van der Waals surface area contributed by atoms with Crippen molar-refractivity contribution in [3.05, 3.63) is 18.0 Å². The number of hydrogen-bond acceptors (Lipinski definition) is 5. The number of rotatable bonds is 5. The first-order valence-corrected chi connectivity index (χ1v) is 7.01. The Morgan fingerprint density at radius 3 is 3.00 bits per heavy atom. The minimum absolute atomic E-state index is 0.0613. The van der Waals surface area contributed by atoms with Crippen LogP contribution < -0.4 is 0 Å². The third kappa shape index (κ3) is 4.05. The minimum Gasteiger partial charge on any atom is -0.467 e. The summed E-state index contributed by atoms with van der Waals surface area (Å²) in [6.07, 6.45) is 5.60. The molecule has 0 saturated carbocycles. The first kappa shape index (κ1) is 15.0. The average Bonchev–Trinajstić information content (AvgIpc) is 2.83. The van der Waals surface area contributed by atoms with Gasteiger partial charge in [-0.25, -0.2) is 4.79 Å². The molecule has 6 heteroatoms. The summed E-state index contributed by atoms with van der Waals surface area (Å²) in [5, 5.41) is 4.16. The highest BCUT2D eigenvalue weighted by atomic mass is 16.6. The van der Waals surface area contributed by atoms with E-state index in [1.54, 1.807) is 0 Å². The Morgan fingerprint density at radius 2 is 2.35 bits per heavy atom. The van der Waals surface area contributed by atoms with E-state index in [0.717, 1.165) is 25.9 Å². The maximum absolute atomic E-state index is 11.6. The number of aromatic nitrogens is 2. The van der Waals surface area contributed by atoms with Crippen molar-refractivity contribution in [1.29, 1.82) is 0 Å². The van der Waals surface area contributed by atoms with Crippen molar-refractivity contribution in [2.45, 2.75) is 32.0 Å². The van der Waals surface area contributed by atoms with Gasteiger partial charge < -0.3 is 9.47 Å². The molecule has 0 aromatic carbocycles. The third-order valence-corrected chi connectivity index (χ3v) is 3.50. The van der Waals surface area contributed by atoms with Gasteiger partial charge in [0.05, 0.1) is 19.4 Å². The molecular weight excluding hydrogens is 258 g/mol. The Hall–Kier alpha value is -1.40. The molecule has 0 N–H and O–H groups in total. The summed E-state index contributed by atoms with van der Waals surface area (Å²) in [6, 6.07) is 0. The van der Waals surface area contributed by atoms with Crippen LogP contribution in [0.4, 0.5) is 0 Å². The van der Waals surface area contributed by atoms with E-state index < -0.39 is 6.10 Å². The van der Waals surface area contributed by atoms with Crippen LogP contribution >= 0.6 is 0 Å². The normalized spacial score (nSPS) is 23.8. The lowest BCUT2D eigenvalue weighted by Gasteiger charge is -2.35. The lowest BCUT2D eigenvalue weighted by atomic mass is 10.1. The molecule has 20 heavy (non-hydrogen) atoms. The fourth-order valence-corrected chi connectivity index (χ4v) is 2.59. The van der Waals surface area contributed by atoms with Gasteiger partial charge in [-0.3, -0.25) is 9.58 Å². The number of hydrogen-bond donors (Lipinski definition) is 0. The molecule has 1 aromatic rings. The molecule has 0 amide bonds. The predicted octanol–water partition coefficient (Wildman–Crippen LogP) is 0.615. The Balaban J connectivity index is 1.78. The van der Waals surface area contributed by atoms with Crippen molar-refractivity contribution in [3.63, 3.8) is 0 Å². The van der Waals surface area contributed by atoms with Crippen molar-refractivity contribution >= 4 is 5.97 Å². The molecule has 0 radical (unpaired) electrons. The van der Waals surface area contributed by atoms with Crippen LogP contribution in [0.15, 0.2) is 12.4 Å². The molecule has 2 atom stereocenters. The molecule has 112 valence electrons. The Bertz CT molecular complexity index is 447. The van der Waals surface area contributed by atoms with Gasteiger partial charge in [-0.1, -0.05) is 0 Å². The van der Waals surface area contributed by atoms with E-state index in [2.05, 4.69) is 10.00 Å². The molecule has 1 saturated heterocycles. The summed E-state index contributed by atoms with van der Waals surface area (Å²) < 4.78 is 12.2. The van der Waals surface area contributed by atoms with Crippen molar-refractivity contribution in [1.82, 2.24) is 14.7 Å². The van der Waals surface area contributed by atoms with E-state index in [9.17, 15) is 4.79 Å². The van der Waals surface area contributed by atoms with Crippen molar-refractivity contribution in [2.24, 2.45) is 7.05 Å². The number of esters is 1. The molecular formula is C14H23N3O3. The van der Waals surface area contributed by atoms with Crippen LogP contribution in [0, 0.1) is 0 Å². The molecule has 1 aliphatic rings. The zero-order chi connectivity index (χ0) is 14.5. The monoisotopic (exact) mass is 281 g/mol. The van der Waals surface area contributed by atoms with Gasteiger partial charge in [0.1, 0.15) is 0 Å². The highest BCUT2D eigenvalue weighted by Crippen LogP contribution is 2.13. The van der Waals surface area contributed by atoms with Gasteiger partial charge in [-0.2, -0.15) is 5.10 Å². The SMILES string of the molecule is COC(=O)C1CN(CCCc2cnn(C)c2)C[C@@H](C)O1. The smallest absolute Gasteiger partial charge is 0.336 e. The quantitative estimate of drug-likeness (QED) is 0.740. The van der Waals surface area contributed by atoms with E-state index in [1.807, 2.05) is 31.0 Å². The largest absolute Gasteiger partial charge is 0.467 e. The Kier molecular flexibility index (Phi) is 5.14. The van der Waals surface area contributed by atoms with Gasteiger partial charge in [0.2, 0.25) is 0 Å². The molecule has 6 nitrogen and oxygen atoms in total. The number of aryl methyl sites for hydroxylation is 2. The molecule has 1 aromatic heterocycles. The average molecular weight is 281 g/mol. The summed E-state index contributed by atoms with van der Waals surface area (Å²) in [5.74, 6) is -0.284. The van der Waals surface area contributed by atoms with Gasteiger partial charge >= 0.3 is 5.97 Å². The van der Waals surface area contributed by atoms with Crippen LogP contribution in [0.25, 0.3) is 0 Å². The molecule has 2 rings (SSSR count). The van der Waals surface area contributed by atoms with Gasteiger partial charge in [0.25, 0.3) is 0 Å². The number of carbonyl (C=O) groups is 1. The predicted molar refractivity (Wildman–Crippen MR) is 74.3 cm³/mol. The molecule has 0 spiro atoms. The number of nitrogens with zero attached hydrogens (tertiary/aromatic N) is 3. The lowest BCUT2D eigenvalue weighted by molar-refractivity contribution is -0.166. The zero-order valence-electron chi connectivity index (χ0n) is 12.4. The number of ether oxygens (including phenoxy) is 2. The van der Waals surface area contributed by atoms with Gasteiger partial charge in [0, 0.05) is 26.3 Å². The number of morpholine rings is 1. The Morgan fingerprint density at radius 1 is 1.55 bits per heavy atom. The second-order valence-electron chi connectivity index (χ2n) is 5.34. The minimum atomic E-state index is -0.456. The first-order valence-electron chi connectivity index (χ1n) is 7.01. The van der Waals surface area contributed by atoms with Crippen LogP contribution in [0.2, 0.25) is 0 Å². The third-order valence-electron chi connectivity index (χ3n) is 3.50. The molecule has 1 aliphatic heterocycles. The molecule has 2 heterocycles. The van der Waals surface area contributed by atoms with E-state index >= 15 is 0 Å². The topological polar surface area (TPSA) is 56.6 Å². The van der Waals surface area contributed by atoms with Crippen LogP contribution in [-0.4, -0.2) is 59.6 Å². The second-order valence-corrected chi connectivity index (χ2v) is 5.34.